The second-order valence-electron chi connectivity index (χ2n) is 3.45. The molecule has 1 N–H and O–H groups in total. The summed E-state index contributed by atoms with van der Waals surface area (Å²) in [7, 11) is -3.38. The lowest BCUT2D eigenvalue weighted by Crippen LogP contribution is -2.50. The second-order valence-corrected chi connectivity index (χ2v) is 5.82. The molecule has 4 nitrogen and oxygen atoms in total. The van der Waals surface area contributed by atoms with Crippen LogP contribution in [0.2, 0.25) is 0 Å². The molecule has 0 amide bonds. The smallest absolute Gasteiger partial charge is 0.214 e. The Hall–Kier alpha value is 0.450. The molecule has 0 aromatic rings. The first-order valence-corrected chi connectivity index (χ1v) is 7.32. The van der Waals surface area contributed by atoms with Gasteiger partial charge in [-0.2, -0.15) is 0 Å². The quantitative estimate of drug-likeness (QED) is 0.536. The number of hydrogen-bond donors (Lipinski definition) is 1. The maximum Gasteiger partial charge on any atom is 0.214 e. The van der Waals surface area contributed by atoms with Gasteiger partial charge in [0.2, 0.25) is 10.0 Å². The Kier molecular flexibility index (Phi) is 7.12. The maximum absolute atomic E-state index is 11.5. The molecule has 0 atom stereocenters. The predicted octanol–water partition coefficient (Wildman–Crippen LogP) is 1.18. The average Bonchev–Trinajstić information content (AvgIpc) is 2.17. The number of alkyl halides is 2. The van der Waals surface area contributed by atoms with Crippen molar-refractivity contribution in [1.82, 2.24) is 4.72 Å². The van der Waals surface area contributed by atoms with E-state index in [2.05, 4.69) is 4.72 Å². The van der Waals surface area contributed by atoms with Crippen LogP contribution in [-0.2, 0) is 14.8 Å². The van der Waals surface area contributed by atoms with Gasteiger partial charge < -0.3 is 4.74 Å². The zero-order valence-electron chi connectivity index (χ0n) is 8.92. The van der Waals surface area contributed by atoms with Crippen LogP contribution in [0.25, 0.3) is 0 Å². The van der Waals surface area contributed by atoms with Gasteiger partial charge in [0.1, 0.15) is 0 Å². The fourth-order valence-corrected chi connectivity index (χ4v) is 2.74. The van der Waals surface area contributed by atoms with Crippen molar-refractivity contribution in [2.45, 2.75) is 19.4 Å². The third kappa shape index (κ3) is 6.58. The zero-order chi connectivity index (χ0) is 11.9. The van der Waals surface area contributed by atoms with Gasteiger partial charge in [-0.15, -0.1) is 23.2 Å². The summed E-state index contributed by atoms with van der Waals surface area (Å²) in [5, 5.41) is 0. The summed E-state index contributed by atoms with van der Waals surface area (Å²) >= 11 is 11.3. The van der Waals surface area contributed by atoms with Gasteiger partial charge >= 0.3 is 0 Å². The highest BCUT2D eigenvalue weighted by Crippen LogP contribution is 2.10. The average molecular weight is 278 g/mol. The summed E-state index contributed by atoms with van der Waals surface area (Å²) in [6.07, 6.45) is 0. The molecule has 0 saturated carbocycles. The fourth-order valence-electron chi connectivity index (χ4n) is 0.830. The minimum Gasteiger partial charge on any atom is -0.381 e. The number of nitrogens with one attached hydrogen (secondary N) is 1. The Bertz CT molecular complexity index is 265. The van der Waals surface area contributed by atoms with Crippen LogP contribution >= 0.6 is 23.2 Å². The van der Waals surface area contributed by atoms with Gasteiger partial charge in [0.15, 0.2) is 0 Å². The highest BCUT2D eigenvalue weighted by molar-refractivity contribution is 7.89. The first kappa shape index (κ1) is 15.4. The summed E-state index contributed by atoms with van der Waals surface area (Å²) in [6, 6.07) is 0. The SMILES string of the molecule is CCOCCS(=O)(=O)NC(C)(CCl)CCl. The van der Waals surface area contributed by atoms with E-state index in [0.29, 0.717) is 6.61 Å². The predicted molar refractivity (Wildman–Crippen MR) is 63.3 cm³/mol. The van der Waals surface area contributed by atoms with Crippen molar-refractivity contribution in [3.63, 3.8) is 0 Å². The molecule has 0 aliphatic rings. The van der Waals surface area contributed by atoms with Crippen molar-refractivity contribution >= 4 is 33.2 Å². The minimum absolute atomic E-state index is 0.0792. The van der Waals surface area contributed by atoms with Crippen molar-refractivity contribution in [3.8, 4) is 0 Å². The van der Waals surface area contributed by atoms with Gasteiger partial charge in [-0.1, -0.05) is 0 Å². The number of sulfonamides is 1. The number of ether oxygens (including phenoxy) is 1. The highest BCUT2D eigenvalue weighted by Gasteiger charge is 2.27. The Morgan fingerprint density at radius 1 is 1.33 bits per heavy atom. The molecular formula is C8H17Cl2NO3S. The van der Waals surface area contributed by atoms with E-state index in [0.717, 1.165) is 0 Å². The summed E-state index contributed by atoms with van der Waals surface area (Å²) in [6.45, 7) is 4.14. The third-order valence-corrected chi connectivity index (χ3v) is 4.38. The molecule has 7 heteroatoms. The monoisotopic (exact) mass is 277 g/mol. The fraction of sp³-hybridized carbons (Fsp3) is 1.00. The van der Waals surface area contributed by atoms with Crippen LogP contribution in [0.5, 0.6) is 0 Å². The van der Waals surface area contributed by atoms with Crippen LogP contribution in [0.15, 0.2) is 0 Å². The van der Waals surface area contributed by atoms with E-state index < -0.39 is 15.6 Å². The molecule has 15 heavy (non-hydrogen) atoms. The summed E-state index contributed by atoms with van der Waals surface area (Å²) in [5.74, 6) is 0.180. The van der Waals surface area contributed by atoms with Gasteiger partial charge in [-0.25, -0.2) is 13.1 Å². The van der Waals surface area contributed by atoms with Crippen molar-refractivity contribution in [2.75, 3.05) is 30.7 Å². The van der Waals surface area contributed by atoms with Crippen molar-refractivity contribution in [3.05, 3.63) is 0 Å². The van der Waals surface area contributed by atoms with Gasteiger partial charge in [0.05, 0.1) is 17.9 Å². The molecule has 0 fully saturated rings. The van der Waals surface area contributed by atoms with E-state index in [9.17, 15) is 8.42 Å². The first-order chi connectivity index (χ1) is 6.89. The molecule has 0 rings (SSSR count). The number of rotatable bonds is 8. The lowest BCUT2D eigenvalue weighted by atomic mass is 10.1. The van der Waals surface area contributed by atoms with Crippen molar-refractivity contribution < 1.29 is 13.2 Å². The Balaban J connectivity index is 4.24. The van der Waals surface area contributed by atoms with E-state index in [-0.39, 0.29) is 24.1 Å². The lowest BCUT2D eigenvalue weighted by molar-refractivity contribution is 0.163. The van der Waals surface area contributed by atoms with Gasteiger partial charge in [-0.05, 0) is 13.8 Å². The number of hydrogen-bond acceptors (Lipinski definition) is 3. The summed E-state index contributed by atoms with van der Waals surface area (Å²) < 4.78 is 30.5. The standard InChI is InChI=1S/C8H17Cl2NO3S/c1-3-14-4-5-15(12,13)11-8(2,6-9)7-10/h11H,3-7H2,1-2H3. The van der Waals surface area contributed by atoms with E-state index in [1.165, 1.54) is 0 Å². The van der Waals surface area contributed by atoms with Crippen molar-refractivity contribution in [2.24, 2.45) is 0 Å². The Morgan fingerprint density at radius 2 is 1.87 bits per heavy atom. The summed E-state index contributed by atoms with van der Waals surface area (Å²) in [5.41, 5.74) is -0.797. The van der Waals surface area contributed by atoms with Gasteiger partial charge in [-0.3, -0.25) is 0 Å². The van der Waals surface area contributed by atoms with Crippen LogP contribution in [-0.4, -0.2) is 44.7 Å². The molecule has 0 heterocycles. The molecule has 0 spiro atoms. The topological polar surface area (TPSA) is 55.4 Å². The lowest BCUT2D eigenvalue weighted by Gasteiger charge is -2.25. The Labute approximate surface area is 101 Å². The number of halogens is 2. The van der Waals surface area contributed by atoms with Crippen LogP contribution < -0.4 is 4.72 Å². The van der Waals surface area contributed by atoms with Gasteiger partial charge in [0.25, 0.3) is 0 Å². The van der Waals surface area contributed by atoms with E-state index in [4.69, 9.17) is 27.9 Å². The molecule has 0 aromatic heterocycles. The van der Waals surface area contributed by atoms with E-state index in [1.807, 2.05) is 6.92 Å². The normalized spacial score (nSPS) is 13.1. The van der Waals surface area contributed by atoms with Crippen molar-refractivity contribution in [1.29, 1.82) is 0 Å². The van der Waals surface area contributed by atoms with E-state index in [1.54, 1.807) is 6.92 Å². The zero-order valence-corrected chi connectivity index (χ0v) is 11.3. The van der Waals surface area contributed by atoms with Gasteiger partial charge in [0, 0.05) is 18.4 Å². The van der Waals surface area contributed by atoms with Crippen LogP contribution in [0.1, 0.15) is 13.8 Å². The van der Waals surface area contributed by atoms with E-state index >= 15 is 0 Å². The molecule has 0 aliphatic heterocycles. The largest absolute Gasteiger partial charge is 0.381 e. The van der Waals surface area contributed by atoms with Crippen LogP contribution in [0.3, 0.4) is 0 Å². The second kappa shape index (κ2) is 6.91. The highest BCUT2D eigenvalue weighted by atomic mass is 35.5. The molecule has 0 radical (unpaired) electrons. The van der Waals surface area contributed by atoms with Crippen LogP contribution in [0.4, 0.5) is 0 Å². The van der Waals surface area contributed by atoms with Crippen LogP contribution in [0, 0.1) is 0 Å². The molecular weight excluding hydrogens is 261 g/mol. The molecule has 0 bridgehead atoms. The maximum atomic E-state index is 11.5. The molecule has 0 aliphatic carbocycles. The minimum atomic E-state index is -3.38. The summed E-state index contributed by atoms with van der Waals surface area (Å²) in [4.78, 5) is 0. The third-order valence-electron chi connectivity index (χ3n) is 1.69. The first-order valence-electron chi connectivity index (χ1n) is 4.60. The Morgan fingerprint density at radius 3 is 2.27 bits per heavy atom. The molecule has 0 aromatic carbocycles. The molecule has 0 saturated heterocycles. The molecule has 0 unspecified atom stereocenters. The molecule has 92 valence electrons.